The topological polar surface area (TPSA) is 9.86 Å². The molecule has 2 nitrogen and oxygen atoms in total. The summed E-state index contributed by atoms with van der Waals surface area (Å²) in [5.74, 6) is 0. The van der Waals surface area contributed by atoms with Gasteiger partial charge in [-0.2, -0.15) is 0 Å². The summed E-state index contributed by atoms with van der Waals surface area (Å²) in [6.07, 6.45) is 0. The largest absolute Gasteiger partial charge is 0.309 e. The van der Waals surface area contributed by atoms with Crippen molar-refractivity contribution in [3.8, 4) is 44.8 Å². The van der Waals surface area contributed by atoms with Gasteiger partial charge in [-0.15, -0.1) is 0 Å². The summed E-state index contributed by atoms with van der Waals surface area (Å²) >= 11 is 0. The van der Waals surface area contributed by atoms with Crippen LogP contribution < -0.4 is 0 Å². The number of rotatable bonds is 5. The van der Waals surface area contributed by atoms with Crippen LogP contribution in [0.5, 0.6) is 0 Å². The highest BCUT2D eigenvalue weighted by Gasteiger charge is 2.21. The smallest absolute Gasteiger partial charge is 0.0541 e. The average Bonchev–Trinajstić information content (AvgIpc) is 3.86. The zero-order valence-electron chi connectivity index (χ0n) is 33.8. The molecule has 0 spiro atoms. The Bertz CT molecular complexity index is 3820. The van der Waals surface area contributed by atoms with E-state index in [-0.39, 0.29) is 0 Å². The Morgan fingerprint density at radius 2 is 0.629 bits per heavy atom. The first-order valence-corrected chi connectivity index (χ1v) is 21.4. The van der Waals surface area contributed by atoms with Crippen LogP contribution in [0.1, 0.15) is 0 Å². The van der Waals surface area contributed by atoms with Gasteiger partial charge in [-0.25, -0.2) is 0 Å². The van der Waals surface area contributed by atoms with E-state index in [1.54, 1.807) is 0 Å². The summed E-state index contributed by atoms with van der Waals surface area (Å²) in [6, 6.07) is 85.0. The van der Waals surface area contributed by atoms with Gasteiger partial charge < -0.3 is 9.13 Å². The van der Waals surface area contributed by atoms with E-state index in [1.807, 2.05) is 0 Å². The van der Waals surface area contributed by atoms with E-state index in [1.165, 1.54) is 109 Å². The minimum Gasteiger partial charge on any atom is -0.309 e. The summed E-state index contributed by atoms with van der Waals surface area (Å²) < 4.78 is 4.88. The van der Waals surface area contributed by atoms with Crippen LogP contribution in [-0.4, -0.2) is 9.13 Å². The predicted octanol–water partition coefficient (Wildman–Crippen LogP) is 16.3. The molecule has 0 amide bonds. The fraction of sp³-hybridized carbons (Fsp3) is 0. The lowest BCUT2D eigenvalue weighted by Crippen LogP contribution is -1.98. The molecule has 13 aromatic rings. The van der Waals surface area contributed by atoms with Gasteiger partial charge >= 0.3 is 0 Å². The molecule has 0 bridgehead atoms. The molecule has 0 fully saturated rings. The van der Waals surface area contributed by atoms with Crippen molar-refractivity contribution in [1.29, 1.82) is 0 Å². The van der Waals surface area contributed by atoms with Gasteiger partial charge in [0.25, 0.3) is 0 Å². The van der Waals surface area contributed by atoms with E-state index in [4.69, 9.17) is 0 Å². The Kier molecular flexibility index (Phi) is 7.64. The molecule has 2 heteroatoms. The van der Waals surface area contributed by atoms with E-state index in [0.29, 0.717) is 0 Å². The summed E-state index contributed by atoms with van der Waals surface area (Å²) in [4.78, 5) is 0. The normalized spacial score (nSPS) is 11.9. The standard InChI is InChI=1S/C60H38N2/c1-2-16-40(17-3-1)59-51-33-31-46(62-57-27-12-8-23-49(57)50-24-9-13-28-58(50)62)38-54(51)60(44-20-14-19-42(36-44)43-30-29-39-15-4-5-18-41(39)35-43)52-34-32-45(37-53(52)59)61-55-25-10-6-21-47(55)48-22-7-11-26-56(48)61/h1-38H. The molecule has 13 rings (SSSR count). The van der Waals surface area contributed by atoms with Crippen molar-refractivity contribution < 1.29 is 0 Å². The molecule has 0 saturated carbocycles. The molecular weight excluding hydrogens is 749 g/mol. The Morgan fingerprint density at radius 3 is 1.18 bits per heavy atom. The fourth-order valence-corrected chi connectivity index (χ4v) is 10.3. The maximum atomic E-state index is 2.44. The molecule has 0 atom stereocenters. The molecule has 0 unspecified atom stereocenters. The van der Waals surface area contributed by atoms with Gasteiger partial charge in [-0.3, -0.25) is 0 Å². The van der Waals surface area contributed by atoms with Crippen molar-refractivity contribution >= 4 is 75.9 Å². The first-order chi connectivity index (χ1) is 30.8. The van der Waals surface area contributed by atoms with Crippen LogP contribution in [-0.2, 0) is 0 Å². The van der Waals surface area contributed by atoms with Crippen LogP contribution in [0.15, 0.2) is 231 Å². The Balaban J connectivity index is 1.15. The SMILES string of the molecule is c1ccc(-c2c3ccc(-n4c5ccccc5c5ccccc54)cc3c(-c3cccc(-c4ccc5ccccc5c4)c3)c3ccc(-n4c5ccccc5c5ccccc54)cc23)cc1. The lowest BCUT2D eigenvalue weighted by Gasteiger charge is -2.21. The van der Waals surface area contributed by atoms with Gasteiger partial charge in [0.15, 0.2) is 0 Å². The molecule has 2 heterocycles. The Morgan fingerprint density at radius 1 is 0.210 bits per heavy atom. The second kappa shape index (κ2) is 13.7. The van der Waals surface area contributed by atoms with Crippen LogP contribution in [0, 0.1) is 0 Å². The third kappa shape index (κ3) is 5.23. The lowest BCUT2D eigenvalue weighted by molar-refractivity contribution is 1.18. The van der Waals surface area contributed by atoms with Gasteiger partial charge in [0.1, 0.15) is 0 Å². The van der Waals surface area contributed by atoms with E-state index in [9.17, 15) is 0 Å². The van der Waals surface area contributed by atoms with Gasteiger partial charge in [0.2, 0.25) is 0 Å². The van der Waals surface area contributed by atoms with E-state index < -0.39 is 0 Å². The third-order valence-electron chi connectivity index (χ3n) is 13.1. The first-order valence-electron chi connectivity index (χ1n) is 21.4. The van der Waals surface area contributed by atoms with Crippen molar-refractivity contribution in [2.75, 3.05) is 0 Å². The molecule has 0 radical (unpaired) electrons. The second-order valence-electron chi connectivity index (χ2n) is 16.5. The van der Waals surface area contributed by atoms with E-state index in [2.05, 4.69) is 240 Å². The number of nitrogens with zero attached hydrogens (tertiary/aromatic N) is 2. The van der Waals surface area contributed by atoms with E-state index in [0.717, 1.165) is 11.4 Å². The van der Waals surface area contributed by atoms with Crippen molar-refractivity contribution in [1.82, 2.24) is 9.13 Å². The Hall–Kier alpha value is -8.20. The van der Waals surface area contributed by atoms with Gasteiger partial charge in [-0.05, 0) is 126 Å². The monoisotopic (exact) mass is 786 g/mol. The fourth-order valence-electron chi connectivity index (χ4n) is 10.3. The van der Waals surface area contributed by atoms with Crippen LogP contribution in [0.2, 0.25) is 0 Å². The molecule has 0 saturated heterocycles. The quantitative estimate of drug-likeness (QED) is 0.154. The number of fused-ring (bicyclic) bond motifs is 9. The highest BCUT2D eigenvalue weighted by atomic mass is 15.0. The number of aromatic nitrogens is 2. The maximum absolute atomic E-state index is 2.44. The van der Waals surface area contributed by atoms with Crippen LogP contribution in [0.3, 0.4) is 0 Å². The average molecular weight is 787 g/mol. The molecule has 0 aliphatic heterocycles. The molecule has 62 heavy (non-hydrogen) atoms. The lowest BCUT2D eigenvalue weighted by atomic mass is 9.85. The number of para-hydroxylation sites is 4. The van der Waals surface area contributed by atoms with Gasteiger partial charge in [0, 0.05) is 32.9 Å². The van der Waals surface area contributed by atoms with Gasteiger partial charge in [-0.1, -0.05) is 170 Å². The first kappa shape index (κ1) is 34.6. The predicted molar refractivity (Wildman–Crippen MR) is 264 cm³/mol. The Labute approximate surface area is 358 Å². The van der Waals surface area contributed by atoms with Crippen molar-refractivity contribution in [2.24, 2.45) is 0 Å². The minimum absolute atomic E-state index is 1.14. The third-order valence-corrected chi connectivity index (χ3v) is 13.1. The molecule has 0 aliphatic carbocycles. The number of hydrogen-bond acceptors (Lipinski definition) is 0. The molecule has 0 N–H and O–H groups in total. The molecular formula is C60H38N2. The summed E-state index contributed by atoms with van der Waals surface area (Å²) in [5, 5.41) is 12.4. The summed E-state index contributed by atoms with van der Waals surface area (Å²) in [5.41, 5.74) is 14.4. The zero-order valence-corrected chi connectivity index (χ0v) is 33.8. The minimum atomic E-state index is 1.14. The number of benzene rings is 11. The maximum Gasteiger partial charge on any atom is 0.0541 e. The summed E-state index contributed by atoms with van der Waals surface area (Å²) in [6.45, 7) is 0. The molecule has 288 valence electrons. The van der Waals surface area contributed by atoms with E-state index >= 15 is 0 Å². The van der Waals surface area contributed by atoms with Crippen LogP contribution in [0.4, 0.5) is 0 Å². The van der Waals surface area contributed by atoms with Crippen LogP contribution >= 0.6 is 0 Å². The highest BCUT2D eigenvalue weighted by Crippen LogP contribution is 2.47. The van der Waals surface area contributed by atoms with Crippen molar-refractivity contribution in [2.45, 2.75) is 0 Å². The van der Waals surface area contributed by atoms with Gasteiger partial charge in [0.05, 0.1) is 22.1 Å². The second-order valence-corrected chi connectivity index (χ2v) is 16.5. The van der Waals surface area contributed by atoms with Crippen molar-refractivity contribution in [3.05, 3.63) is 231 Å². The van der Waals surface area contributed by atoms with Crippen molar-refractivity contribution in [3.63, 3.8) is 0 Å². The summed E-state index contributed by atoms with van der Waals surface area (Å²) in [7, 11) is 0. The highest BCUT2D eigenvalue weighted by molar-refractivity contribution is 6.23. The molecule has 2 aromatic heterocycles. The number of hydrogen-bond donors (Lipinski definition) is 0. The zero-order chi connectivity index (χ0) is 40.7. The molecule has 0 aliphatic rings. The molecule has 11 aromatic carbocycles. The van der Waals surface area contributed by atoms with Crippen LogP contribution in [0.25, 0.3) is 121 Å².